The molecule has 0 aliphatic carbocycles. The van der Waals surface area contributed by atoms with Crippen LogP contribution in [0.3, 0.4) is 0 Å². The van der Waals surface area contributed by atoms with E-state index in [4.69, 9.17) is 0 Å². The van der Waals surface area contributed by atoms with Crippen molar-refractivity contribution in [2.75, 3.05) is 26.2 Å². The van der Waals surface area contributed by atoms with E-state index in [1.54, 1.807) is 0 Å². The summed E-state index contributed by atoms with van der Waals surface area (Å²) >= 11 is 0. The SMILES string of the molecule is Cc1cccc2c(CC(=O)N3CCCC(N4CCCC4)CC3)c[nH]c12. The number of carbonyl (C=O) groups excluding carboxylic acids is 1. The maximum Gasteiger partial charge on any atom is 0.227 e. The molecule has 3 heterocycles. The first-order valence-corrected chi connectivity index (χ1v) is 9.80. The molecule has 2 aliphatic rings. The molecular formula is C21H29N3O. The highest BCUT2D eigenvalue weighted by atomic mass is 16.2. The smallest absolute Gasteiger partial charge is 0.227 e. The number of amides is 1. The summed E-state index contributed by atoms with van der Waals surface area (Å²) in [4.78, 5) is 21.0. The summed E-state index contributed by atoms with van der Waals surface area (Å²) in [6.07, 6.45) is 8.74. The lowest BCUT2D eigenvalue weighted by Crippen LogP contribution is -2.36. The Balaban J connectivity index is 1.41. The van der Waals surface area contributed by atoms with E-state index in [0.29, 0.717) is 12.5 Å². The standard InChI is InChI=1S/C21H29N3O/c1-16-6-4-8-19-17(15-22-21(16)19)14-20(25)24-12-5-7-18(9-13-24)23-10-2-3-11-23/h4,6,8,15,18,22H,2-3,5,7,9-14H2,1H3. The first-order valence-electron chi connectivity index (χ1n) is 9.80. The maximum absolute atomic E-state index is 12.9. The molecule has 1 aromatic heterocycles. The van der Waals surface area contributed by atoms with Crippen molar-refractivity contribution in [2.24, 2.45) is 0 Å². The van der Waals surface area contributed by atoms with Crippen LogP contribution in [0.15, 0.2) is 24.4 Å². The van der Waals surface area contributed by atoms with Crippen molar-refractivity contribution in [1.29, 1.82) is 0 Å². The zero-order valence-corrected chi connectivity index (χ0v) is 15.3. The lowest BCUT2D eigenvalue weighted by molar-refractivity contribution is -0.130. The fraction of sp³-hybridized carbons (Fsp3) is 0.571. The molecule has 2 saturated heterocycles. The summed E-state index contributed by atoms with van der Waals surface area (Å²) < 4.78 is 0. The van der Waals surface area contributed by atoms with Gasteiger partial charge in [-0.15, -0.1) is 0 Å². The van der Waals surface area contributed by atoms with Crippen molar-refractivity contribution in [3.63, 3.8) is 0 Å². The first kappa shape index (κ1) is 16.6. The lowest BCUT2D eigenvalue weighted by Gasteiger charge is -2.26. The molecular weight excluding hydrogens is 310 g/mol. The lowest BCUT2D eigenvalue weighted by atomic mass is 10.1. The van der Waals surface area contributed by atoms with Crippen LogP contribution in [0.5, 0.6) is 0 Å². The van der Waals surface area contributed by atoms with Crippen molar-refractivity contribution in [2.45, 2.75) is 51.5 Å². The van der Waals surface area contributed by atoms with Crippen LogP contribution in [0, 0.1) is 6.92 Å². The van der Waals surface area contributed by atoms with E-state index in [-0.39, 0.29) is 5.91 Å². The van der Waals surface area contributed by atoms with Crippen LogP contribution in [0.25, 0.3) is 10.9 Å². The van der Waals surface area contributed by atoms with Crippen molar-refractivity contribution >= 4 is 16.8 Å². The van der Waals surface area contributed by atoms with Crippen LogP contribution in [-0.4, -0.2) is 52.9 Å². The predicted octanol–water partition coefficient (Wildman–Crippen LogP) is 3.50. The molecule has 0 saturated carbocycles. The van der Waals surface area contributed by atoms with Crippen molar-refractivity contribution in [3.05, 3.63) is 35.5 Å². The molecule has 134 valence electrons. The Bertz CT molecular complexity index is 745. The van der Waals surface area contributed by atoms with Crippen LogP contribution >= 0.6 is 0 Å². The fourth-order valence-electron chi connectivity index (χ4n) is 4.59. The fourth-order valence-corrected chi connectivity index (χ4v) is 4.59. The number of hydrogen-bond donors (Lipinski definition) is 1. The number of hydrogen-bond acceptors (Lipinski definition) is 2. The average molecular weight is 339 g/mol. The summed E-state index contributed by atoms with van der Waals surface area (Å²) in [6, 6.07) is 6.99. The quantitative estimate of drug-likeness (QED) is 0.930. The number of H-pyrrole nitrogens is 1. The Morgan fingerprint density at radius 3 is 2.80 bits per heavy atom. The third-order valence-electron chi connectivity index (χ3n) is 6.06. The van der Waals surface area contributed by atoms with Gasteiger partial charge in [0.2, 0.25) is 5.91 Å². The van der Waals surface area contributed by atoms with Crippen molar-refractivity contribution < 1.29 is 4.79 Å². The molecule has 4 heteroatoms. The van der Waals surface area contributed by atoms with Gasteiger partial charge in [0.05, 0.1) is 6.42 Å². The van der Waals surface area contributed by atoms with Gasteiger partial charge in [-0.2, -0.15) is 0 Å². The molecule has 2 aliphatic heterocycles. The zero-order valence-electron chi connectivity index (χ0n) is 15.3. The van der Waals surface area contributed by atoms with Crippen LogP contribution in [0.2, 0.25) is 0 Å². The predicted molar refractivity (Wildman–Crippen MR) is 102 cm³/mol. The molecule has 1 atom stereocenters. The normalized spacial score (nSPS) is 22.4. The first-order chi connectivity index (χ1) is 12.2. The summed E-state index contributed by atoms with van der Waals surface area (Å²) in [5.74, 6) is 0.282. The highest BCUT2D eigenvalue weighted by Crippen LogP contribution is 2.24. The van der Waals surface area contributed by atoms with E-state index in [0.717, 1.165) is 37.0 Å². The molecule has 1 amide bonds. The second-order valence-corrected chi connectivity index (χ2v) is 7.70. The van der Waals surface area contributed by atoms with Gasteiger partial charge in [0.25, 0.3) is 0 Å². The summed E-state index contributed by atoms with van der Waals surface area (Å²) in [6.45, 7) is 6.46. The second-order valence-electron chi connectivity index (χ2n) is 7.70. The van der Waals surface area contributed by atoms with E-state index >= 15 is 0 Å². The van der Waals surface area contributed by atoms with E-state index in [2.05, 4.69) is 39.9 Å². The van der Waals surface area contributed by atoms with Gasteiger partial charge < -0.3 is 14.8 Å². The zero-order chi connectivity index (χ0) is 17.2. The number of para-hydroxylation sites is 1. The number of nitrogens with one attached hydrogen (secondary N) is 1. The van der Waals surface area contributed by atoms with Gasteiger partial charge in [0.1, 0.15) is 0 Å². The largest absolute Gasteiger partial charge is 0.361 e. The number of aromatic amines is 1. The Morgan fingerprint density at radius 2 is 1.96 bits per heavy atom. The Labute approximate surface area is 150 Å². The van der Waals surface area contributed by atoms with Gasteiger partial charge in [0, 0.05) is 36.2 Å². The van der Waals surface area contributed by atoms with Gasteiger partial charge in [-0.25, -0.2) is 0 Å². The van der Waals surface area contributed by atoms with E-state index in [1.165, 1.54) is 43.3 Å². The molecule has 1 aromatic carbocycles. The molecule has 1 unspecified atom stereocenters. The number of aromatic nitrogens is 1. The molecule has 0 radical (unpaired) electrons. The molecule has 0 bridgehead atoms. The van der Waals surface area contributed by atoms with Gasteiger partial charge in [0.15, 0.2) is 0 Å². The molecule has 25 heavy (non-hydrogen) atoms. The Morgan fingerprint density at radius 1 is 1.12 bits per heavy atom. The van der Waals surface area contributed by atoms with Crippen LogP contribution < -0.4 is 0 Å². The number of likely N-dealkylation sites (tertiary alicyclic amines) is 2. The number of nitrogens with zero attached hydrogens (tertiary/aromatic N) is 2. The molecule has 2 fully saturated rings. The van der Waals surface area contributed by atoms with Crippen molar-refractivity contribution in [1.82, 2.24) is 14.8 Å². The molecule has 1 N–H and O–H groups in total. The van der Waals surface area contributed by atoms with Crippen LogP contribution in [0.1, 0.15) is 43.2 Å². The summed E-state index contributed by atoms with van der Waals surface area (Å²) in [5.41, 5.74) is 3.53. The summed E-state index contributed by atoms with van der Waals surface area (Å²) in [5, 5.41) is 1.19. The highest BCUT2D eigenvalue weighted by Gasteiger charge is 2.26. The number of rotatable bonds is 3. The van der Waals surface area contributed by atoms with Gasteiger partial charge >= 0.3 is 0 Å². The van der Waals surface area contributed by atoms with Crippen LogP contribution in [0.4, 0.5) is 0 Å². The highest BCUT2D eigenvalue weighted by molar-refractivity contribution is 5.90. The average Bonchev–Trinajstić information content (AvgIpc) is 3.21. The topological polar surface area (TPSA) is 39.3 Å². The number of benzene rings is 1. The van der Waals surface area contributed by atoms with E-state index in [9.17, 15) is 4.79 Å². The number of carbonyl (C=O) groups is 1. The molecule has 4 nitrogen and oxygen atoms in total. The minimum absolute atomic E-state index is 0.282. The van der Waals surface area contributed by atoms with Gasteiger partial charge in [-0.1, -0.05) is 18.2 Å². The minimum Gasteiger partial charge on any atom is -0.361 e. The third-order valence-corrected chi connectivity index (χ3v) is 6.06. The van der Waals surface area contributed by atoms with Gasteiger partial charge in [-0.3, -0.25) is 4.79 Å². The molecule has 2 aromatic rings. The van der Waals surface area contributed by atoms with Gasteiger partial charge in [-0.05, 0) is 63.2 Å². The molecule has 4 rings (SSSR count). The minimum atomic E-state index is 0.282. The number of aryl methyl sites for hydroxylation is 1. The monoisotopic (exact) mass is 339 g/mol. The van der Waals surface area contributed by atoms with Crippen molar-refractivity contribution in [3.8, 4) is 0 Å². The maximum atomic E-state index is 12.9. The van der Waals surface area contributed by atoms with Crippen LogP contribution in [-0.2, 0) is 11.2 Å². The van der Waals surface area contributed by atoms with E-state index < -0.39 is 0 Å². The Hall–Kier alpha value is -1.81. The second kappa shape index (κ2) is 7.20. The molecule has 0 spiro atoms. The van der Waals surface area contributed by atoms with E-state index in [1.807, 2.05) is 6.20 Å². The number of fused-ring (bicyclic) bond motifs is 1. The Kier molecular flexibility index (Phi) is 4.80. The third kappa shape index (κ3) is 3.45. The summed E-state index contributed by atoms with van der Waals surface area (Å²) in [7, 11) is 0.